The highest BCUT2D eigenvalue weighted by Gasteiger charge is 2.21. The molecule has 0 atom stereocenters. The van der Waals surface area contributed by atoms with Crippen LogP contribution in [0.5, 0.6) is 0 Å². The Labute approximate surface area is 107 Å². The lowest BCUT2D eigenvalue weighted by Gasteiger charge is -2.32. The average Bonchev–Trinajstić information content (AvgIpc) is 2.29. The minimum Gasteiger partial charge on any atom is -0.336 e. The van der Waals surface area contributed by atoms with Gasteiger partial charge in [0, 0.05) is 26.2 Å². The number of halogens is 1. The summed E-state index contributed by atoms with van der Waals surface area (Å²) in [6.07, 6.45) is 0. The molecule has 0 radical (unpaired) electrons. The number of carbonyl (C=O) groups excluding carboxylic acids is 1. The van der Waals surface area contributed by atoms with Crippen molar-refractivity contribution in [2.24, 2.45) is 0 Å². The SMILES string of the molecule is Cc1ccc(C(=O)N2CCN(C)CC2)c(Cl)c1. The molecule has 0 N–H and O–H groups in total. The van der Waals surface area contributed by atoms with Gasteiger partial charge in [-0.05, 0) is 31.7 Å². The van der Waals surface area contributed by atoms with Crippen molar-refractivity contribution in [1.29, 1.82) is 0 Å². The van der Waals surface area contributed by atoms with Crippen LogP contribution < -0.4 is 0 Å². The van der Waals surface area contributed by atoms with Gasteiger partial charge in [0.05, 0.1) is 10.6 Å². The second-order valence-electron chi connectivity index (χ2n) is 4.58. The van der Waals surface area contributed by atoms with E-state index < -0.39 is 0 Å². The standard InChI is InChI=1S/C13H17ClN2O/c1-10-3-4-11(12(14)9-10)13(17)16-7-5-15(2)6-8-16/h3-4,9H,5-8H2,1-2H3. The molecule has 0 spiro atoms. The largest absolute Gasteiger partial charge is 0.336 e. The third-order valence-electron chi connectivity index (χ3n) is 3.15. The zero-order valence-electron chi connectivity index (χ0n) is 10.2. The lowest BCUT2D eigenvalue weighted by molar-refractivity contribution is 0.0664. The Balaban J connectivity index is 2.14. The molecule has 1 aliphatic heterocycles. The Hall–Kier alpha value is -1.06. The molecule has 1 fully saturated rings. The first-order valence-electron chi connectivity index (χ1n) is 5.82. The van der Waals surface area contributed by atoms with Crippen LogP contribution in [-0.2, 0) is 0 Å². The second-order valence-corrected chi connectivity index (χ2v) is 4.99. The van der Waals surface area contributed by atoms with Crippen molar-refractivity contribution in [3.8, 4) is 0 Å². The molecule has 92 valence electrons. The van der Waals surface area contributed by atoms with E-state index >= 15 is 0 Å². The summed E-state index contributed by atoms with van der Waals surface area (Å²) in [5.41, 5.74) is 1.69. The van der Waals surface area contributed by atoms with Crippen molar-refractivity contribution in [3.63, 3.8) is 0 Å². The molecule has 17 heavy (non-hydrogen) atoms. The van der Waals surface area contributed by atoms with Crippen LogP contribution in [0.1, 0.15) is 15.9 Å². The maximum absolute atomic E-state index is 12.3. The highest BCUT2D eigenvalue weighted by atomic mass is 35.5. The Morgan fingerprint density at radius 3 is 2.47 bits per heavy atom. The number of hydrogen-bond acceptors (Lipinski definition) is 2. The lowest BCUT2D eigenvalue weighted by atomic mass is 10.1. The number of benzene rings is 1. The molecular weight excluding hydrogens is 236 g/mol. The molecule has 0 unspecified atom stereocenters. The van der Waals surface area contributed by atoms with Crippen molar-refractivity contribution in [2.45, 2.75) is 6.92 Å². The molecule has 1 aromatic rings. The highest BCUT2D eigenvalue weighted by molar-refractivity contribution is 6.33. The van der Waals surface area contributed by atoms with Crippen LogP contribution >= 0.6 is 11.6 Å². The Morgan fingerprint density at radius 2 is 1.88 bits per heavy atom. The van der Waals surface area contributed by atoms with Crippen LogP contribution in [0.15, 0.2) is 18.2 Å². The van der Waals surface area contributed by atoms with Crippen LogP contribution in [-0.4, -0.2) is 48.9 Å². The molecule has 1 aromatic carbocycles. The van der Waals surface area contributed by atoms with Gasteiger partial charge < -0.3 is 9.80 Å². The monoisotopic (exact) mass is 252 g/mol. The van der Waals surface area contributed by atoms with Gasteiger partial charge in [0.25, 0.3) is 5.91 Å². The second kappa shape index (κ2) is 5.07. The maximum atomic E-state index is 12.3. The Morgan fingerprint density at radius 1 is 1.24 bits per heavy atom. The summed E-state index contributed by atoms with van der Waals surface area (Å²) in [7, 11) is 2.07. The maximum Gasteiger partial charge on any atom is 0.255 e. The molecule has 1 aliphatic rings. The summed E-state index contributed by atoms with van der Waals surface area (Å²) in [5.74, 6) is 0.0445. The third-order valence-corrected chi connectivity index (χ3v) is 3.46. The summed E-state index contributed by atoms with van der Waals surface area (Å²) in [4.78, 5) is 16.4. The minimum absolute atomic E-state index is 0.0445. The van der Waals surface area contributed by atoms with Gasteiger partial charge in [0.1, 0.15) is 0 Å². The van der Waals surface area contributed by atoms with Gasteiger partial charge in [-0.3, -0.25) is 4.79 Å². The van der Waals surface area contributed by atoms with E-state index in [1.807, 2.05) is 30.0 Å². The predicted octanol–water partition coefficient (Wildman–Crippen LogP) is 2.04. The van der Waals surface area contributed by atoms with E-state index in [9.17, 15) is 4.79 Å². The summed E-state index contributed by atoms with van der Waals surface area (Å²) in [6, 6.07) is 5.58. The first kappa shape index (κ1) is 12.4. The number of aryl methyl sites for hydroxylation is 1. The number of likely N-dealkylation sites (N-methyl/N-ethyl adjacent to an activating group) is 1. The molecule has 4 heteroatoms. The van der Waals surface area contributed by atoms with Crippen LogP contribution in [0.3, 0.4) is 0 Å². The van der Waals surface area contributed by atoms with Crippen molar-refractivity contribution in [1.82, 2.24) is 9.80 Å². The van der Waals surface area contributed by atoms with E-state index in [4.69, 9.17) is 11.6 Å². The van der Waals surface area contributed by atoms with E-state index in [0.29, 0.717) is 10.6 Å². The third kappa shape index (κ3) is 2.79. The lowest BCUT2D eigenvalue weighted by Crippen LogP contribution is -2.47. The van der Waals surface area contributed by atoms with Gasteiger partial charge in [-0.15, -0.1) is 0 Å². The smallest absolute Gasteiger partial charge is 0.255 e. The van der Waals surface area contributed by atoms with Gasteiger partial charge in [-0.1, -0.05) is 17.7 Å². The van der Waals surface area contributed by atoms with Gasteiger partial charge in [-0.2, -0.15) is 0 Å². The molecule has 2 rings (SSSR count). The van der Waals surface area contributed by atoms with E-state index in [0.717, 1.165) is 31.7 Å². The fraction of sp³-hybridized carbons (Fsp3) is 0.462. The van der Waals surface area contributed by atoms with Crippen LogP contribution in [0.4, 0.5) is 0 Å². The molecule has 0 aromatic heterocycles. The first-order chi connectivity index (χ1) is 8.08. The topological polar surface area (TPSA) is 23.6 Å². The molecular formula is C13H17ClN2O. The average molecular weight is 253 g/mol. The molecule has 1 amide bonds. The summed E-state index contributed by atoms with van der Waals surface area (Å²) in [6.45, 7) is 5.37. The number of carbonyl (C=O) groups is 1. The zero-order chi connectivity index (χ0) is 12.4. The van der Waals surface area contributed by atoms with E-state index in [2.05, 4.69) is 11.9 Å². The summed E-state index contributed by atoms with van der Waals surface area (Å²) in [5, 5.41) is 0.550. The van der Waals surface area contributed by atoms with Crippen molar-refractivity contribution < 1.29 is 4.79 Å². The number of rotatable bonds is 1. The fourth-order valence-electron chi connectivity index (χ4n) is 1.97. The number of hydrogen-bond donors (Lipinski definition) is 0. The van der Waals surface area contributed by atoms with Gasteiger partial charge in [-0.25, -0.2) is 0 Å². The normalized spacial score (nSPS) is 17.2. The van der Waals surface area contributed by atoms with Crippen molar-refractivity contribution >= 4 is 17.5 Å². The minimum atomic E-state index is 0.0445. The summed E-state index contributed by atoms with van der Waals surface area (Å²) < 4.78 is 0. The van der Waals surface area contributed by atoms with Crippen LogP contribution in [0, 0.1) is 6.92 Å². The van der Waals surface area contributed by atoms with Crippen LogP contribution in [0.25, 0.3) is 0 Å². The van der Waals surface area contributed by atoms with Crippen LogP contribution in [0.2, 0.25) is 5.02 Å². The Bertz CT molecular complexity index is 425. The fourth-order valence-corrected chi connectivity index (χ4v) is 2.29. The molecule has 1 saturated heterocycles. The van der Waals surface area contributed by atoms with Gasteiger partial charge in [0.2, 0.25) is 0 Å². The predicted molar refractivity (Wildman–Crippen MR) is 69.6 cm³/mol. The summed E-state index contributed by atoms with van der Waals surface area (Å²) >= 11 is 6.11. The van der Waals surface area contributed by atoms with Gasteiger partial charge >= 0.3 is 0 Å². The molecule has 0 saturated carbocycles. The number of amides is 1. The Kier molecular flexibility index (Phi) is 3.69. The highest BCUT2D eigenvalue weighted by Crippen LogP contribution is 2.19. The van der Waals surface area contributed by atoms with E-state index in [1.54, 1.807) is 0 Å². The first-order valence-corrected chi connectivity index (χ1v) is 6.19. The molecule has 0 bridgehead atoms. The van der Waals surface area contributed by atoms with E-state index in [1.165, 1.54) is 0 Å². The molecule has 3 nitrogen and oxygen atoms in total. The number of piperazine rings is 1. The molecule has 1 heterocycles. The zero-order valence-corrected chi connectivity index (χ0v) is 11.0. The van der Waals surface area contributed by atoms with Gasteiger partial charge in [0.15, 0.2) is 0 Å². The molecule has 0 aliphatic carbocycles. The number of nitrogens with zero attached hydrogens (tertiary/aromatic N) is 2. The quantitative estimate of drug-likeness (QED) is 0.764. The van der Waals surface area contributed by atoms with Crippen molar-refractivity contribution in [3.05, 3.63) is 34.3 Å². The van der Waals surface area contributed by atoms with E-state index in [-0.39, 0.29) is 5.91 Å². The van der Waals surface area contributed by atoms with Crippen molar-refractivity contribution in [2.75, 3.05) is 33.2 Å².